The molecule has 0 atom stereocenters. The van der Waals surface area contributed by atoms with Gasteiger partial charge in [-0.1, -0.05) is 12.1 Å². The van der Waals surface area contributed by atoms with E-state index in [9.17, 15) is 4.79 Å². The van der Waals surface area contributed by atoms with Gasteiger partial charge in [-0.3, -0.25) is 4.90 Å². The van der Waals surface area contributed by atoms with E-state index in [-0.39, 0.29) is 6.03 Å². The van der Waals surface area contributed by atoms with Crippen LogP contribution >= 0.6 is 0 Å². The van der Waals surface area contributed by atoms with Gasteiger partial charge in [0.25, 0.3) is 0 Å². The van der Waals surface area contributed by atoms with Crippen LogP contribution in [-0.4, -0.2) is 57.8 Å². The molecule has 2 saturated heterocycles. The number of urea groups is 1. The molecule has 0 saturated carbocycles. The van der Waals surface area contributed by atoms with Gasteiger partial charge in [-0.25, -0.2) is 9.48 Å². The van der Waals surface area contributed by atoms with Crippen molar-refractivity contribution in [2.45, 2.75) is 31.8 Å². The lowest BCUT2D eigenvalue weighted by Gasteiger charge is -2.40. The molecule has 0 unspecified atom stereocenters. The number of nitrogens with one attached hydrogen (secondary N) is 1. The second kappa shape index (κ2) is 7.27. The molecule has 2 aromatic rings. The van der Waals surface area contributed by atoms with Crippen molar-refractivity contribution in [1.82, 2.24) is 24.9 Å². The predicted octanol–water partition coefficient (Wildman–Crippen LogP) is 2.25. The van der Waals surface area contributed by atoms with E-state index in [0.717, 1.165) is 57.7 Å². The molecule has 132 valence electrons. The van der Waals surface area contributed by atoms with E-state index in [1.807, 2.05) is 21.8 Å². The minimum Gasteiger partial charge on any atom is -0.338 e. The number of aromatic nitrogens is 2. The molecular weight excluding hydrogens is 314 g/mol. The third-order valence-electron chi connectivity index (χ3n) is 5.20. The molecule has 0 spiro atoms. The van der Waals surface area contributed by atoms with Gasteiger partial charge in [0, 0.05) is 51.2 Å². The van der Waals surface area contributed by atoms with E-state index >= 15 is 0 Å². The molecule has 1 N–H and O–H groups in total. The van der Waals surface area contributed by atoms with Gasteiger partial charge in [-0.2, -0.15) is 5.10 Å². The van der Waals surface area contributed by atoms with Crippen molar-refractivity contribution in [3.63, 3.8) is 0 Å². The van der Waals surface area contributed by atoms with E-state index in [0.29, 0.717) is 6.04 Å². The molecule has 25 heavy (non-hydrogen) atoms. The Bertz CT molecular complexity index is 706. The first-order valence-corrected chi connectivity index (χ1v) is 9.15. The Kier molecular flexibility index (Phi) is 4.70. The zero-order valence-corrected chi connectivity index (χ0v) is 14.5. The number of carbonyl (C=O) groups excluding carboxylic acids is 1. The lowest BCUT2D eigenvalue weighted by molar-refractivity contribution is 0.109. The van der Waals surface area contributed by atoms with Crippen molar-refractivity contribution in [3.8, 4) is 5.69 Å². The number of nitrogens with zero attached hydrogens (tertiary/aromatic N) is 4. The van der Waals surface area contributed by atoms with E-state index < -0.39 is 0 Å². The Balaban J connectivity index is 1.34. The van der Waals surface area contributed by atoms with Crippen molar-refractivity contribution < 1.29 is 4.79 Å². The molecule has 0 aliphatic carbocycles. The van der Waals surface area contributed by atoms with Crippen molar-refractivity contribution >= 4 is 6.03 Å². The minimum atomic E-state index is 0.122. The standard InChI is InChI=1S/C19H25N5O/c25-19-20-8-2-10-23(19)17-6-12-22(13-7-17)15-16-4-1-5-18(14-16)24-11-3-9-21-24/h1,3-5,9,11,14,17H,2,6-8,10,12-13,15H2,(H,20,25). The zero-order valence-electron chi connectivity index (χ0n) is 14.5. The van der Waals surface area contributed by atoms with Gasteiger partial charge in [-0.15, -0.1) is 0 Å². The largest absolute Gasteiger partial charge is 0.338 e. The highest BCUT2D eigenvalue weighted by Gasteiger charge is 2.29. The molecule has 0 radical (unpaired) electrons. The van der Waals surface area contributed by atoms with Crippen molar-refractivity contribution in [2.24, 2.45) is 0 Å². The highest BCUT2D eigenvalue weighted by molar-refractivity contribution is 5.75. The fourth-order valence-electron chi connectivity index (χ4n) is 3.86. The van der Waals surface area contributed by atoms with Gasteiger partial charge >= 0.3 is 6.03 Å². The van der Waals surface area contributed by atoms with E-state index in [1.165, 1.54) is 5.56 Å². The summed E-state index contributed by atoms with van der Waals surface area (Å²) in [5.41, 5.74) is 2.41. The minimum absolute atomic E-state index is 0.122. The molecule has 2 fully saturated rings. The van der Waals surface area contributed by atoms with E-state index in [4.69, 9.17) is 0 Å². The second-order valence-corrected chi connectivity index (χ2v) is 6.91. The Labute approximate surface area is 148 Å². The lowest BCUT2D eigenvalue weighted by Crippen LogP contribution is -2.54. The third kappa shape index (κ3) is 3.69. The molecule has 4 rings (SSSR count). The summed E-state index contributed by atoms with van der Waals surface area (Å²) < 4.78 is 1.89. The van der Waals surface area contributed by atoms with Gasteiger partial charge < -0.3 is 10.2 Å². The molecule has 3 heterocycles. The Morgan fingerprint density at radius 1 is 1.16 bits per heavy atom. The number of piperidine rings is 1. The maximum atomic E-state index is 12.0. The molecule has 2 aliphatic heterocycles. The summed E-state index contributed by atoms with van der Waals surface area (Å²) in [5.74, 6) is 0. The number of carbonyl (C=O) groups is 1. The maximum absolute atomic E-state index is 12.0. The van der Waals surface area contributed by atoms with Gasteiger partial charge in [0.15, 0.2) is 0 Å². The number of benzene rings is 1. The fraction of sp³-hybridized carbons (Fsp3) is 0.474. The van der Waals surface area contributed by atoms with Crippen LogP contribution in [0.2, 0.25) is 0 Å². The summed E-state index contributed by atoms with van der Waals surface area (Å²) in [6.45, 7) is 4.76. The molecular formula is C19H25N5O. The van der Waals surface area contributed by atoms with Crippen LogP contribution in [0.3, 0.4) is 0 Å². The highest BCUT2D eigenvalue weighted by atomic mass is 16.2. The van der Waals surface area contributed by atoms with Crippen LogP contribution in [0.25, 0.3) is 5.69 Å². The van der Waals surface area contributed by atoms with Crippen LogP contribution < -0.4 is 5.32 Å². The van der Waals surface area contributed by atoms with Gasteiger partial charge in [0.2, 0.25) is 0 Å². The summed E-state index contributed by atoms with van der Waals surface area (Å²) in [5, 5.41) is 7.27. The highest BCUT2D eigenvalue weighted by Crippen LogP contribution is 2.20. The summed E-state index contributed by atoms with van der Waals surface area (Å²) in [6.07, 6.45) is 6.95. The predicted molar refractivity (Wildman–Crippen MR) is 96.6 cm³/mol. The first kappa shape index (κ1) is 16.1. The third-order valence-corrected chi connectivity index (χ3v) is 5.20. The zero-order chi connectivity index (χ0) is 17.1. The van der Waals surface area contributed by atoms with Gasteiger partial charge in [0.05, 0.1) is 5.69 Å². The van der Waals surface area contributed by atoms with Crippen molar-refractivity contribution in [2.75, 3.05) is 26.2 Å². The van der Waals surface area contributed by atoms with Crippen LogP contribution in [0.4, 0.5) is 4.79 Å². The van der Waals surface area contributed by atoms with Crippen LogP contribution in [-0.2, 0) is 6.54 Å². The number of rotatable bonds is 4. The number of hydrogen-bond donors (Lipinski definition) is 1. The first-order chi connectivity index (χ1) is 12.3. The molecule has 0 bridgehead atoms. The summed E-state index contributed by atoms with van der Waals surface area (Å²) in [6, 6.07) is 11.0. The van der Waals surface area contributed by atoms with Crippen molar-refractivity contribution in [1.29, 1.82) is 0 Å². The molecule has 6 heteroatoms. The van der Waals surface area contributed by atoms with Gasteiger partial charge in [0.1, 0.15) is 0 Å². The molecule has 1 aromatic heterocycles. The smallest absolute Gasteiger partial charge is 0.317 e. The Morgan fingerprint density at radius 3 is 2.80 bits per heavy atom. The average Bonchev–Trinajstić information content (AvgIpc) is 3.18. The van der Waals surface area contributed by atoms with Crippen LogP contribution in [0, 0.1) is 0 Å². The Morgan fingerprint density at radius 2 is 2.04 bits per heavy atom. The van der Waals surface area contributed by atoms with Crippen LogP contribution in [0.15, 0.2) is 42.7 Å². The number of amides is 2. The first-order valence-electron chi connectivity index (χ1n) is 9.15. The normalized spacial score (nSPS) is 19.8. The molecule has 2 aliphatic rings. The summed E-state index contributed by atoms with van der Waals surface area (Å²) >= 11 is 0. The summed E-state index contributed by atoms with van der Waals surface area (Å²) in [7, 11) is 0. The SMILES string of the molecule is O=C1NCCCN1C1CCN(Cc2cccc(-n3cccn3)c2)CC1. The Hall–Kier alpha value is -2.34. The number of hydrogen-bond acceptors (Lipinski definition) is 3. The topological polar surface area (TPSA) is 53.4 Å². The van der Waals surface area contributed by atoms with Crippen LogP contribution in [0.1, 0.15) is 24.8 Å². The molecule has 1 aromatic carbocycles. The quantitative estimate of drug-likeness (QED) is 0.929. The fourth-order valence-corrected chi connectivity index (χ4v) is 3.86. The van der Waals surface area contributed by atoms with E-state index in [2.05, 4.69) is 39.6 Å². The number of likely N-dealkylation sites (tertiary alicyclic amines) is 1. The van der Waals surface area contributed by atoms with Crippen LogP contribution in [0.5, 0.6) is 0 Å². The molecule has 6 nitrogen and oxygen atoms in total. The van der Waals surface area contributed by atoms with Crippen molar-refractivity contribution in [3.05, 3.63) is 48.3 Å². The average molecular weight is 339 g/mol. The van der Waals surface area contributed by atoms with Gasteiger partial charge in [-0.05, 0) is 43.0 Å². The monoisotopic (exact) mass is 339 g/mol. The lowest BCUT2D eigenvalue weighted by atomic mass is 10.0. The van der Waals surface area contributed by atoms with E-state index in [1.54, 1.807) is 6.20 Å². The second-order valence-electron chi connectivity index (χ2n) is 6.91. The maximum Gasteiger partial charge on any atom is 0.317 e. The molecule has 2 amide bonds. The summed E-state index contributed by atoms with van der Waals surface area (Å²) in [4.78, 5) is 16.5.